The zero-order valence-corrected chi connectivity index (χ0v) is 12.3. The van der Waals surface area contributed by atoms with Gasteiger partial charge in [-0.05, 0) is 19.1 Å². The van der Waals surface area contributed by atoms with Gasteiger partial charge in [-0.2, -0.15) is 13.2 Å². The first kappa shape index (κ1) is 14.5. The van der Waals surface area contributed by atoms with Crippen LogP contribution in [0.1, 0.15) is 26.8 Å². The third kappa shape index (κ3) is 3.24. The van der Waals surface area contributed by atoms with Gasteiger partial charge in [-0.15, -0.1) is 11.3 Å². The number of hydrogen-bond acceptors (Lipinski definition) is 4. The fourth-order valence-electron chi connectivity index (χ4n) is 2.44. The molecule has 21 heavy (non-hydrogen) atoms. The van der Waals surface area contributed by atoms with Crippen molar-refractivity contribution in [2.45, 2.75) is 32.6 Å². The van der Waals surface area contributed by atoms with Gasteiger partial charge in [0, 0.05) is 47.6 Å². The normalized spacial score (nSPS) is 16.0. The van der Waals surface area contributed by atoms with Gasteiger partial charge in [0.2, 0.25) is 5.82 Å². The van der Waals surface area contributed by atoms with Crippen molar-refractivity contribution in [2.75, 3.05) is 6.54 Å². The maximum atomic E-state index is 12.6. The molecule has 0 saturated heterocycles. The van der Waals surface area contributed by atoms with Crippen molar-refractivity contribution in [2.24, 2.45) is 0 Å². The number of alkyl halides is 3. The van der Waals surface area contributed by atoms with Gasteiger partial charge in [0.1, 0.15) is 0 Å². The minimum Gasteiger partial charge on any atom is -0.293 e. The molecule has 1 aliphatic rings. The van der Waals surface area contributed by atoms with Crippen LogP contribution in [0.4, 0.5) is 13.2 Å². The lowest BCUT2D eigenvalue weighted by Crippen LogP contribution is -2.31. The molecule has 0 bridgehead atoms. The second-order valence-electron chi connectivity index (χ2n) is 5.14. The summed E-state index contributed by atoms with van der Waals surface area (Å²) in [5.74, 6) is -1.04. The standard InChI is InChI=1S/C14H14F3N3S/c1-9-2-3-11(21-9)8-20-5-4-12-10(7-20)6-18-13(19-12)14(15,16)17/h2-3,6H,4-5,7-8H2,1H3. The van der Waals surface area contributed by atoms with E-state index in [1.165, 1.54) is 16.0 Å². The van der Waals surface area contributed by atoms with Crippen LogP contribution in [0.3, 0.4) is 0 Å². The van der Waals surface area contributed by atoms with Crippen LogP contribution in [0.5, 0.6) is 0 Å². The van der Waals surface area contributed by atoms with E-state index in [0.29, 0.717) is 18.7 Å². The Labute approximate surface area is 124 Å². The van der Waals surface area contributed by atoms with Crippen LogP contribution in [0.15, 0.2) is 18.3 Å². The quantitative estimate of drug-likeness (QED) is 0.850. The first-order valence-electron chi connectivity index (χ1n) is 6.61. The summed E-state index contributed by atoms with van der Waals surface area (Å²) in [6.07, 6.45) is -2.62. The summed E-state index contributed by atoms with van der Waals surface area (Å²) in [6.45, 7) is 4.20. The number of nitrogens with zero attached hydrogens (tertiary/aromatic N) is 3. The molecule has 0 atom stereocenters. The molecule has 0 fully saturated rings. The third-order valence-electron chi connectivity index (χ3n) is 3.44. The minimum atomic E-state index is -4.47. The Hall–Kier alpha value is -1.47. The van der Waals surface area contributed by atoms with Crippen molar-refractivity contribution in [3.05, 3.63) is 45.2 Å². The molecule has 0 spiro atoms. The van der Waals surface area contributed by atoms with E-state index in [9.17, 15) is 13.2 Å². The van der Waals surface area contributed by atoms with Crippen molar-refractivity contribution in [1.82, 2.24) is 14.9 Å². The second kappa shape index (κ2) is 5.38. The van der Waals surface area contributed by atoms with Crippen LogP contribution >= 0.6 is 11.3 Å². The molecule has 3 nitrogen and oxygen atoms in total. The summed E-state index contributed by atoms with van der Waals surface area (Å²) in [7, 11) is 0. The van der Waals surface area contributed by atoms with Crippen molar-refractivity contribution < 1.29 is 13.2 Å². The van der Waals surface area contributed by atoms with Gasteiger partial charge in [-0.3, -0.25) is 4.90 Å². The largest absolute Gasteiger partial charge is 0.451 e. The van der Waals surface area contributed by atoms with Gasteiger partial charge < -0.3 is 0 Å². The molecular weight excluding hydrogens is 299 g/mol. The first-order valence-corrected chi connectivity index (χ1v) is 7.43. The highest BCUT2D eigenvalue weighted by atomic mass is 32.1. The van der Waals surface area contributed by atoms with Crippen LogP contribution in [0, 0.1) is 6.92 Å². The zero-order chi connectivity index (χ0) is 15.0. The smallest absolute Gasteiger partial charge is 0.293 e. The van der Waals surface area contributed by atoms with Gasteiger partial charge in [0.25, 0.3) is 0 Å². The number of fused-ring (bicyclic) bond motifs is 1. The lowest BCUT2D eigenvalue weighted by atomic mass is 10.1. The summed E-state index contributed by atoms with van der Waals surface area (Å²) in [6, 6.07) is 4.18. The maximum Gasteiger partial charge on any atom is 0.451 e. The number of halogens is 3. The van der Waals surface area contributed by atoms with E-state index < -0.39 is 12.0 Å². The SMILES string of the molecule is Cc1ccc(CN2CCc3nc(C(F)(F)F)ncc3C2)s1. The van der Waals surface area contributed by atoms with E-state index in [0.717, 1.165) is 18.7 Å². The molecule has 0 radical (unpaired) electrons. The highest BCUT2D eigenvalue weighted by Gasteiger charge is 2.35. The summed E-state index contributed by atoms with van der Waals surface area (Å²) >= 11 is 1.75. The van der Waals surface area contributed by atoms with Crippen molar-refractivity contribution in [3.8, 4) is 0 Å². The number of aromatic nitrogens is 2. The molecule has 0 aromatic carbocycles. The number of thiophene rings is 1. The number of hydrogen-bond donors (Lipinski definition) is 0. The predicted molar refractivity (Wildman–Crippen MR) is 73.9 cm³/mol. The Kier molecular flexibility index (Phi) is 3.71. The number of aryl methyl sites for hydroxylation is 1. The van der Waals surface area contributed by atoms with Gasteiger partial charge >= 0.3 is 6.18 Å². The van der Waals surface area contributed by atoms with Crippen molar-refractivity contribution in [1.29, 1.82) is 0 Å². The van der Waals surface area contributed by atoms with E-state index in [2.05, 4.69) is 33.9 Å². The van der Waals surface area contributed by atoms with Crippen LogP contribution in [0.2, 0.25) is 0 Å². The van der Waals surface area contributed by atoms with Crippen molar-refractivity contribution >= 4 is 11.3 Å². The fraction of sp³-hybridized carbons (Fsp3) is 0.429. The summed E-state index contributed by atoms with van der Waals surface area (Å²) in [5, 5.41) is 0. The minimum absolute atomic E-state index is 0.524. The fourth-order valence-corrected chi connectivity index (χ4v) is 3.37. The molecule has 2 aromatic heterocycles. The van der Waals surface area contributed by atoms with Gasteiger partial charge in [0.15, 0.2) is 0 Å². The van der Waals surface area contributed by atoms with E-state index in [1.807, 2.05) is 0 Å². The van der Waals surface area contributed by atoms with Crippen LogP contribution in [-0.4, -0.2) is 21.4 Å². The molecule has 0 unspecified atom stereocenters. The monoisotopic (exact) mass is 313 g/mol. The Balaban J connectivity index is 1.74. The topological polar surface area (TPSA) is 29.0 Å². The molecule has 0 saturated carbocycles. The first-order chi connectivity index (χ1) is 9.91. The van der Waals surface area contributed by atoms with E-state index in [-0.39, 0.29) is 0 Å². The Bertz CT molecular complexity index is 651. The zero-order valence-electron chi connectivity index (χ0n) is 11.4. The molecule has 0 amide bonds. The highest BCUT2D eigenvalue weighted by Crippen LogP contribution is 2.28. The molecule has 3 heterocycles. The van der Waals surface area contributed by atoms with Crippen LogP contribution < -0.4 is 0 Å². The second-order valence-corrected chi connectivity index (χ2v) is 6.51. The van der Waals surface area contributed by atoms with Gasteiger partial charge in [-0.1, -0.05) is 0 Å². The van der Waals surface area contributed by atoms with E-state index in [4.69, 9.17) is 0 Å². The molecule has 0 N–H and O–H groups in total. The van der Waals surface area contributed by atoms with Gasteiger partial charge in [0.05, 0.1) is 5.69 Å². The lowest BCUT2D eigenvalue weighted by molar-refractivity contribution is -0.145. The van der Waals surface area contributed by atoms with Gasteiger partial charge in [-0.25, -0.2) is 9.97 Å². The molecule has 1 aliphatic heterocycles. The van der Waals surface area contributed by atoms with Crippen LogP contribution in [-0.2, 0) is 25.7 Å². The Morgan fingerprint density at radius 1 is 1.33 bits per heavy atom. The molecule has 112 valence electrons. The lowest BCUT2D eigenvalue weighted by Gasteiger charge is -2.27. The van der Waals surface area contributed by atoms with E-state index in [1.54, 1.807) is 11.3 Å². The highest BCUT2D eigenvalue weighted by molar-refractivity contribution is 7.11. The summed E-state index contributed by atoms with van der Waals surface area (Å²) in [4.78, 5) is 11.9. The van der Waals surface area contributed by atoms with Crippen molar-refractivity contribution in [3.63, 3.8) is 0 Å². The number of rotatable bonds is 2. The molecular formula is C14H14F3N3S. The van der Waals surface area contributed by atoms with Crippen LogP contribution in [0.25, 0.3) is 0 Å². The summed E-state index contributed by atoms with van der Waals surface area (Å²) < 4.78 is 37.8. The third-order valence-corrected chi connectivity index (χ3v) is 4.43. The molecule has 0 aliphatic carbocycles. The average Bonchev–Trinajstić information content (AvgIpc) is 2.82. The molecule has 3 rings (SSSR count). The average molecular weight is 313 g/mol. The molecule has 7 heteroatoms. The summed E-state index contributed by atoms with van der Waals surface area (Å²) in [5.41, 5.74) is 1.32. The molecule has 2 aromatic rings. The van der Waals surface area contributed by atoms with E-state index >= 15 is 0 Å². The Morgan fingerprint density at radius 2 is 2.14 bits per heavy atom. The maximum absolute atomic E-state index is 12.6. The Morgan fingerprint density at radius 3 is 2.81 bits per heavy atom. The predicted octanol–water partition coefficient (Wildman–Crippen LogP) is 3.42.